The molecule has 0 saturated carbocycles. The third kappa shape index (κ3) is 11.0. The maximum Gasteiger partial charge on any atom is 0.351 e. The van der Waals surface area contributed by atoms with Crippen molar-refractivity contribution in [2.75, 3.05) is 24.5 Å². The number of ether oxygens (including phenoxy) is 1. The largest absolute Gasteiger partial charge is 0.457 e. The highest BCUT2D eigenvalue weighted by Gasteiger charge is 2.33. The zero-order valence-corrected chi connectivity index (χ0v) is 33.5. The van der Waals surface area contributed by atoms with Crippen LogP contribution < -0.4 is 10.2 Å². The number of rotatable bonds is 11. The molecule has 1 amide bonds. The van der Waals surface area contributed by atoms with Crippen molar-refractivity contribution in [1.82, 2.24) is 25.3 Å². The van der Waals surface area contributed by atoms with Gasteiger partial charge in [0.1, 0.15) is 17.2 Å². The van der Waals surface area contributed by atoms with Crippen LogP contribution in [0.1, 0.15) is 56.7 Å². The van der Waals surface area contributed by atoms with Crippen molar-refractivity contribution in [2.45, 2.75) is 58.2 Å². The zero-order valence-electron chi connectivity index (χ0n) is 33.5. The monoisotopic (exact) mass is 793 g/mol. The predicted molar refractivity (Wildman–Crippen MR) is 229 cm³/mol. The first-order valence-electron chi connectivity index (χ1n) is 19.8. The lowest BCUT2D eigenvalue weighted by atomic mass is 10.00. The Labute approximate surface area is 343 Å². The van der Waals surface area contributed by atoms with Gasteiger partial charge in [-0.2, -0.15) is 0 Å². The molecule has 12 heteroatoms. The summed E-state index contributed by atoms with van der Waals surface area (Å²) in [5, 5.41) is 7.08. The molecule has 2 aliphatic rings. The van der Waals surface area contributed by atoms with Crippen molar-refractivity contribution >= 4 is 29.4 Å². The molecule has 0 aliphatic carbocycles. The first-order chi connectivity index (χ1) is 28.6. The quantitative estimate of drug-likeness (QED) is 0.0881. The molecule has 0 spiro atoms. The number of aromatic nitrogens is 4. The summed E-state index contributed by atoms with van der Waals surface area (Å²) in [4.78, 5) is 48.0. The molecule has 6 aromatic rings. The average Bonchev–Trinajstić information content (AvgIpc) is 4.09. The van der Waals surface area contributed by atoms with E-state index in [1.807, 2.05) is 69.3 Å². The molecule has 1 saturated heterocycles. The van der Waals surface area contributed by atoms with Crippen LogP contribution in [0.2, 0.25) is 0 Å². The van der Waals surface area contributed by atoms with E-state index in [0.717, 1.165) is 63.7 Å². The summed E-state index contributed by atoms with van der Waals surface area (Å²) in [6.07, 6.45) is 11.0. The molecular weight excluding hydrogens is 746 g/mol. The standard InChI is InChI=1S/C44H44FN5O4.C3H4N2/c1-44(2,3)53-43(52)38-28-37(49-54-38)31-13-15-33(16-14-31)41-40(47-42(48-41)34-17-21-36(22-18-34)50-26-4-5-27-50)32-11-6-29(7-12-32)10-23-39(51)46-25-24-30-8-19-35(45)20-9-30;1-2-5-3-4-1/h6-23,38H,4-5,24-28H2,1-3H3,(H,46,51)(H,47,48);1-3H,(H,4,5). The minimum Gasteiger partial charge on any atom is -0.457 e. The first kappa shape index (κ1) is 40.4. The topological polar surface area (TPSA) is 138 Å². The smallest absolute Gasteiger partial charge is 0.351 e. The van der Waals surface area contributed by atoms with Crippen LogP contribution in [0, 0.1) is 5.82 Å². The molecule has 2 aromatic heterocycles. The molecule has 4 heterocycles. The minimum atomic E-state index is -0.767. The maximum absolute atomic E-state index is 13.2. The van der Waals surface area contributed by atoms with Crippen LogP contribution >= 0.6 is 0 Å². The van der Waals surface area contributed by atoms with Gasteiger partial charge in [-0.3, -0.25) is 4.79 Å². The van der Waals surface area contributed by atoms with Gasteiger partial charge in [-0.1, -0.05) is 65.8 Å². The number of hydrogen-bond donors (Lipinski definition) is 3. The van der Waals surface area contributed by atoms with Gasteiger partial charge >= 0.3 is 5.97 Å². The van der Waals surface area contributed by atoms with Crippen molar-refractivity contribution in [1.29, 1.82) is 0 Å². The van der Waals surface area contributed by atoms with Crippen molar-refractivity contribution in [2.24, 2.45) is 5.16 Å². The van der Waals surface area contributed by atoms with Crippen molar-refractivity contribution < 1.29 is 23.6 Å². The Morgan fingerprint density at radius 2 is 1.58 bits per heavy atom. The number of carbonyl (C=O) groups is 2. The zero-order chi connectivity index (χ0) is 41.2. The van der Waals surface area contributed by atoms with Gasteiger partial charge in [0, 0.05) is 66.9 Å². The van der Waals surface area contributed by atoms with E-state index in [1.54, 1.807) is 36.9 Å². The molecule has 302 valence electrons. The third-order valence-corrected chi connectivity index (χ3v) is 9.80. The van der Waals surface area contributed by atoms with Crippen molar-refractivity contribution in [3.05, 3.63) is 144 Å². The summed E-state index contributed by atoms with van der Waals surface area (Å²) < 4.78 is 18.7. The molecule has 0 bridgehead atoms. The number of nitrogens with one attached hydrogen (secondary N) is 3. The number of imidazole rings is 2. The van der Waals surface area contributed by atoms with E-state index in [1.165, 1.54) is 36.7 Å². The molecule has 3 N–H and O–H groups in total. The van der Waals surface area contributed by atoms with E-state index >= 15 is 0 Å². The number of nitrogens with zero attached hydrogens (tertiary/aromatic N) is 4. The summed E-state index contributed by atoms with van der Waals surface area (Å²) >= 11 is 0. The Kier molecular flexibility index (Phi) is 12.7. The highest BCUT2D eigenvalue weighted by atomic mass is 19.1. The van der Waals surface area contributed by atoms with Gasteiger partial charge in [0.2, 0.25) is 12.0 Å². The van der Waals surface area contributed by atoms with Gasteiger partial charge in [-0.15, -0.1) is 0 Å². The van der Waals surface area contributed by atoms with E-state index in [4.69, 9.17) is 14.6 Å². The van der Waals surface area contributed by atoms with Gasteiger partial charge in [0.15, 0.2) is 0 Å². The lowest BCUT2D eigenvalue weighted by molar-refractivity contribution is -0.166. The van der Waals surface area contributed by atoms with E-state index in [9.17, 15) is 14.0 Å². The second-order valence-electron chi connectivity index (χ2n) is 15.4. The van der Waals surface area contributed by atoms with E-state index in [0.29, 0.717) is 25.1 Å². The molecule has 4 aromatic carbocycles. The molecule has 1 fully saturated rings. The normalized spacial score (nSPS) is 15.0. The van der Waals surface area contributed by atoms with Crippen molar-refractivity contribution in [3.63, 3.8) is 0 Å². The first-order valence-corrected chi connectivity index (χ1v) is 19.8. The molecule has 59 heavy (non-hydrogen) atoms. The van der Waals surface area contributed by atoms with Crippen LogP contribution in [-0.4, -0.2) is 68.9 Å². The summed E-state index contributed by atoms with van der Waals surface area (Å²) in [6.45, 7) is 8.10. The molecule has 1 unspecified atom stereocenters. The molecule has 2 aliphatic heterocycles. The third-order valence-electron chi connectivity index (χ3n) is 9.80. The molecule has 1 atom stereocenters. The number of anilines is 1. The number of hydrogen-bond acceptors (Lipinski definition) is 8. The number of carbonyl (C=O) groups excluding carboxylic acids is 2. The lowest BCUT2D eigenvalue weighted by Crippen LogP contribution is -2.32. The predicted octanol–water partition coefficient (Wildman–Crippen LogP) is 8.77. The highest BCUT2D eigenvalue weighted by molar-refractivity contribution is 6.04. The summed E-state index contributed by atoms with van der Waals surface area (Å²) in [6, 6.07) is 30.7. The number of oxime groups is 1. The highest BCUT2D eigenvalue weighted by Crippen LogP contribution is 2.35. The van der Waals surface area contributed by atoms with Gasteiger partial charge in [-0.25, -0.2) is 19.2 Å². The van der Waals surface area contributed by atoms with Crippen LogP contribution in [0.3, 0.4) is 0 Å². The molecular formula is C47H48FN7O4. The number of aromatic amines is 2. The van der Waals surface area contributed by atoms with Gasteiger partial charge in [0.25, 0.3) is 0 Å². The van der Waals surface area contributed by atoms with E-state index in [-0.39, 0.29) is 11.7 Å². The minimum absolute atomic E-state index is 0.198. The molecule has 11 nitrogen and oxygen atoms in total. The Balaban J connectivity index is 0.000000983. The van der Waals surface area contributed by atoms with Crippen LogP contribution in [0.4, 0.5) is 10.1 Å². The summed E-state index contributed by atoms with van der Waals surface area (Å²) in [5.74, 6) is -0.146. The van der Waals surface area contributed by atoms with E-state index < -0.39 is 17.7 Å². The van der Waals surface area contributed by atoms with Gasteiger partial charge in [0.05, 0.1) is 23.4 Å². The Morgan fingerprint density at radius 3 is 2.22 bits per heavy atom. The summed E-state index contributed by atoms with van der Waals surface area (Å²) in [7, 11) is 0. The number of halogens is 1. The lowest BCUT2D eigenvalue weighted by Gasteiger charge is -2.20. The second-order valence-corrected chi connectivity index (χ2v) is 15.4. The van der Waals surface area contributed by atoms with Crippen molar-refractivity contribution in [3.8, 4) is 33.9 Å². The Bertz CT molecular complexity index is 2340. The van der Waals surface area contributed by atoms with Crippen LogP contribution in [0.5, 0.6) is 0 Å². The molecule has 0 radical (unpaired) electrons. The van der Waals surface area contributed by atoms with E-state index in [2.05, 4.69) is 54.6 Å². The number of benzene rings is 4. The fourth-order valence-corrected chi connectivity index (χ4v) is 6.78. The SMILES string of the molecule is CC(C)(C)OC(=O)C1CC(c2ccc(-c3nc(-c4ccc(N5CCCC5)cc4)[nH]c3-c3ccc(C=CC(=O)NCCc4ccc(F)cc4)cc3)cc2)=NO1.c1c[nH]cn1. The average molecular weight is 794 g/mol. The Hall–Kier alpha value is -6.82. The summed E-state index contributed by atoms with van der Waals surface area (Å²) in [5.41, 5.74) is 8.47. The maximum atomic E-state index is 13.2. The fourth-order valence-electron chi connectivity index (χ4n) is 6.78. The second kappa shape index (κ2) is 18.6. The fraction of sp³-hybridized carbons (Fsp3) is 0.255. The number of H-pyrrole nitrogens is 2. The van der Waals surface area contributed by atoms with Crippen LogP contribution in [0.15, 0.2) is 127 Å². The van der Waals surface area contributed by atoms with Crippen LogP contribution in [-0.2, 0) is 25.6 Å². The number of esters is 1. The Morgan fingerprint density at radius 1 is 0.898 bits per heavy atom. The van der Waals surface area contributed by atoms with Crippen LogP contribution in [0.25, 0.3) is 40.0 Å². The van der Waals surface area contributed by atoms with Gasteiger partial charge in [-0.05, 0) is 99.2 Å². The number of amides is 1. The molecule has 8 rings (SSSR count). The van der Waals surface area contributed by atoms with Gasteiger partial charge < -0.3 is 29.8 Å².